The summed E-state index contributed by atoms with van der Waals surface area (Å²) in [6, 6.07) is 0.465. The number of carbonyl (C=O) groups excluding carboxylic acids is 1. The molecule has 1 heterocycles. The summed E-state index contributed by atoms with van der Waals surface area (Å²) in [4.78, 5) is 16.2. The van der Waals surface area contributed by atoms with E-state index in [1.54, 1.807) is 6.92 Å². The van der Waals surface area contributed by atoms with Crippen LogP contribution in [-0.2, 0) is 4.79 Å². The molecule has 4 nitrogen and oxygen atoms in total. The molecule has 2 unspecified atom stereocenters. The quantitative estimate of drug-likeness (QED) is 0.696. The fourth-order valence-electron chi connectivity index (χ4n) is 1.76. The van der Waals surface area contributed by atoms with E-state index in [0.29, 0.717) is 6.04 Å². The number of hydrogen-bond donors (Lipinski definition) is 1. The van der Waals surface area contributed by atoms with Crippen molar-refractivity contribution in [3.63, 3.8) is 0 Å². The predicted molar refractivity (Wildman–Crippen MR) is 64.6 cm³/mol. The zero-order valence-electron chi connectivity index (χ0n) is 9.56. The Labute approximate surface area is 96.4 Å². The maximum absolute atomic E-state index is 11.9. The minimum Gasteiger partial charge on any atom is -0.393 e. The lowest BCUT2D eigenvalue weighted by Crippen LogP contribution is -2.40. The van der Waals surface area contributed by atoms with Crippen LogP contribution in [0.4, 0.5) is 0 Å². The van der Waals surface area contributed by atoms with Crippen LogP contribution in [0.25, 0.3) is 0 Å². The van der Waals surface area contributed by atoms with Gasteiger partial charge in [0.1, 0.15) is 0 Å². The fraction of sp³-hybridized carbons (Fsp3) is 0.800. The number of likely N-dealkylation sites (N-methyl/N-ethyl adjacent to an activating group) is 1. The Hall–Kier alpha value is -0.680. The molecule has 1 fully saturated rings. The van der Waals surface area contributed by atoms with Gasteiger partial charge in [0.2, 0.25) is 5.91 Å². The van der Waals surface area contributed by atoms with Crippen LogP contribution < -0.4 is 5.73 Å². The molecule has 0 spiro atoms. The van der Waals surface area contributed by atoms with Gasteiger partial charge in [-0.25, -0.2) is 0 Å². The van der Waals surface area contributed by atoms with Gasteiger partial charge in [0.25, 0.3) is 0 Å². The Kier molecular flexibility index (Phi) is 4.04. The number of nitrogens with zero attached hydrogens (tertiary/aromatic N) is 2. The zero-order chi connectivity index (χ0) is 11.6. The Morgan fingerprint density at radius 2 is 2.20 bits per heavy atom. The van der Waals surface area contributed by atoms with E-state index in [9.17, 15) is 4.79 Å². The van der Waals surface area contributed by atoms with Crippen molar-refractivity contribution in [2.24, 2.45) is 11.7 Å². The molecule has 15 heavy (non-hydrogen) atoms. The number of hydrogen-bond acceptors (Lipinski definition) is 3. The van der Waals surface area contributed by atoms with Crippen molar-refractivity contribution in [2.75, 3.05) is 27.2 Å². The van der Waals surface area contributed by atoms with Gasteiger partial charge in [-0.15, -0.1) is 0 Å². The van der Waals surface area contributed by atoms with Gasteiger partial charge in [0.15, 0.2) is 0 Å². The summed E-state index contributed by atoms with van der Waals surface area (Å²) in [5.41, 5.74) is 5.47. The molecular formula is C10H19N3OS. The van der Waals surface area contributed by atoms with Gasteiger partial charge in [-0.2, -0.15) is 0 Å². The molecule has 2 atom stereocenters. The maximum atomic E-state index is 11.9. The third kappa shape index (κ3) is 2.89. The molecule has 0 bridgehead atoms. The van der Waals surface area contributed by atoms with Gasteiger partial charge in [-0.1, -0.05) is 12.2 Å². The van der Waals surface area contributed by atoms with Crippen molar-refractivity contribution in [3.8, 4) is 0 Å². The third-order valence-electron chi connectivity index (χ3n) is 3.00. The second-order valence-corrected chi connectivity index (χ2v) is 4.79. The summed E-state index contributed by atoms with van der Waals surface area (Å²) in [6.07, 6.45) is 1.03. The van der Waals surface area contributed by atoms with Crippen LogP contribution >= 0.6 is 12.2 Å². The SMILES string of the molecule is CC(C(=O)N1CCC(N(C)C)C1)C(N)=S. The van der Waals surface area contributed by atoms with Gasteiger partial charge < -0.3 is 15.5 Å². The second-order valence-electron chi connectivity index (χ2n) is 4.31. The van der Waals surface area contributed by atoms with E-state index in [-0.39, 0.29) is 16.8 Å². The molecule has 0 saturated carbocycles. The van der Waals surface area contributed by atoms with Gasteiger partial charge in [-0.05, 0) is 27.4 Å². The third-order valence-corrected chi connectivity index (χ3v) is 3.36. The maximum Gasteiger partial charge on any atom is 0.232 e. The Morgan fingerprint density at radius 1 is 1.60 bits per heavy atom. The van der Waals surface area contributed by atoms with E-state index in [1.165, 1.54) is 0 Å². The van der Waals surface area contributed by atoms with E-state index in [2.05, 4.69) is 4.90 Å². The number of amides is 1. The second kappa shape index (κ2) is 4.90. The standard InChI is InChI=1S/C10H19N3OS/c1-7(9(11)15)10(14)13-5-4-8(6-13)12(2)3/h7-8H,4-6H2,1-3H3,(H2,11,15). The average molecular weight is 229 g/mol. The minimum absolute atomic E-state index is 0.0619. The van der Waals surface area contributed by atoms with Crippen molar-refractivity contribution in [1.82, 2.24) is 9.80 Å². The summed E-state index contributed by atoms with van der Waals surface area (Å²) in [5.74, 6) is -0.271. The molecule has 1 rings (SSSR count). The zero-order valence-corrected chi connectivity index (χ0v) is 10.4. The number of carbonyl (C=O) groups is 1. The lowest BCUT2D eigenvalue weighted by atomic mass is 10.1. The molecule has 1 amide bonds. The van der Waals surface area contributed by atoms with E-state index in [1.807, 2.05) is 19.0 Å². The highest BCUT2D eigenvalue weighted by Crippen LogP contribution is 2.15. The molecule has 86 valence electrons. The first kappa shape index (κ1) is 12.4. The molecule has 1 aliphatic heterocycles. The van der Waals surface area contributed by atoms with E-state index in [4.69, 9.17) is 18.0 Å². The molecule has 0 aromatic carbocycles. The lowest BCUT2D eigenvalue weighted by Gasteiger charge is -2.22. The number of rotatable bonds is 3. The first-order valence-electron chi connectivity index (χ1n) is 5.18. The van der Waals surface area contributed by atoms with Crippen LogP contribution in [0.3, 0.4) is 0 Å². The van der Waals surface area contributed by atoms with Crippen LogP contribution in [0.1, 0.15) is 13.3 Å². The van der Waals surface area contributed by atoms with Crippen LogP contribution in [0, 0.1) is 5.92 Å². The molecule has 0 aromatic rings. The van der Waals surface area contributed by atoms with E-state index < -0.39 is 0 Å². The molecule has 0 radical (unpaired) electrons. The Balaban J connectivity index is 2.54. The number of likely N-dealkylation sites (tertiary alicyclic amines) is 1. The van der Waals surface area contributed by atoms with Gasteiger partial charge in [0.05, 0.1) is 10.9 Å². The topological polar surface area (TPSA) is 49.6 Å². The van der Waals surface area contributed by atoms with Crippen LogP contribution in [0.15, 0.2) is 0 Å². The number of thiocarbonyl (C=S) groups is 1. The smallest absolute Gasteiger partial charge is 0.232 e. The predicted octanol–water partition coefficient (Wildman–Crippen LogP) is 0.0711. The van der Waals surface area contributed by atoms with E-state index in [0.717, 1.165) is 19.5 Å². The van der Waals surface area contributed by atoms with Crippen molar-refractivity contribution >= 4 is 23.1 Å². The highest BCUT2D eigenvalue weighted by Gasteiger charge is 2.30. The van der Waals surface area contributed by atoms with Gasteiger partial charge in [-0.3, -0.25) is 4.79 Å². The lowest BCUT2D eigenvalue weighted by molar-refractivity contribution is -0.131. The summed E-state index contributed by atoms with van der Waals surface area (Å²) < 4.78 is 0. The monoisotopic (exact) mass is 229 g/mol. The van der Waals surface area contributed by atoms with E-state index >= 15 is 0 Å². The summed E-state index contributed by atoms with van der Waals surface area (Å²) in [7, 11) is 4.07. The molecule has 1 aliphatic rings. The average Bonchev–Trinajstić information content (AvgIpc) is 2.64. The molecule has 0 aliphatic carbocycles. The van der Waals surface area contributed by atoms with Crippen LogP contribution in [-0.4, -0.2) is 53.9 Å². The molecule has 1 saturated heterocycles. The van der Waals surface area contributed by atoms with Gasteiger partial charge >= 0.3 is 0 Å². The summed E-state index contributed by atoms with van der Waals surface area (Å²) in [5, 5.41) is 0. The minimum atomic E-state index is -0.332. The highest BCUT2D eigenvalue weighted by atomic mass is 32.1. The molecule has 0 aromatic heterocycles. The van der Waals surface area contributed by atoms with Crippen molar-refractivity contribution in [2.45, 2.75) is 19.4 Å². The summed E-state index contributed by atoms with van der Waals surface area (Å²) >= 11 is 4.83. The fourth-order valence-corrected chi connectivity index (χ4v) is 1.86. The normalized spacial score (nSPS) is 23.2. The molecule has 2 N–H and O–H groups in total. The summed E-state index contributed by atoms with van der Waals surface area (Å²) in [6.45, 7) is 3.38. The molecular weight excluding hydrogens is 210 g/mol. The highest BCUT2D eigenvalue weighted by molar-refractivity contribution is 7.80. The first-order valence-corrected chi connectivity index (χ1v) is 5.59. The van der Waals surface area contributed by atoms with Crippen molar-refractivity contribution in [3.05, 3.63) is 0 Å². The van der Waals surface area contributed by atoms with Crippen molar-refractivity contribution < 1.29 is 4.79 Å². The largest absolute Gasteiger partial charge is 0.393 e. The first-order chi connectivity index (χ1) is 6.93. The molecule has 5 heteroatoms. The van der Waals surface area contributed by atoms with Gasteiger partial charge in [0, 0.05) is 19.1 Å². The Bertz CT molecular complexity index is 267. The van der Waals surface area contributed by atoms with Crippen molar-refractivity contribution in [1.29, 1.82) is 0 Å². The van der Waals surface area contributed by atoms with Crippen LogP contribution in [0.2, 0.25) is 0 Å². The van der Waals surface area contributed by atoms with Crippen LogP contribution in [0.5, 0.6) is 0 Å². The number of nitrogens with two attached hydrogens (primary N) is 1. The Morgan fingerprint density at radius 3 is 2.60 bits per heavy atom.